The van der Waals surface area contributed by atoms with Crippen LogP contribution in [0.25, 0.3) is 0 Å². The van der Waals surface area contributed by atoms with Crippen LogP contribution in [-0.2, 0) is 6.54 Å². The van der Waals surface area contributed by atoms with Gasteiger partial charge in [-0.05, 0) is 25.9 Å². The van der Waals surface area contributed by atoms with Crippen LogP contribution in [0.2, 0.25) is 0 Å². The van der Waals surface area contributed by atoms with Crippen molar-refractivity contribution in [2.75, 3.05) is 13.1 Å². The van der Waals surface area contributed by atoms with Crippen molar-refractivity contribution < 1.29 is 0 Å². The number of H-pyrrole nitrogens is 1. The topological polar surface area (TPSA) is 70.9 Å². The lowest BCUT2D eigenvalue weighted by Gasteiger charge is -2.00. The summed E-state index contributed by atoms with van der Waals surface area (Å²) in [7, 11) is 0. The van der Waals surface area contributed by atoms with Crippen LogP contribution in [0.15, 0.2) is 10.2 Å². The molecule has 0 aliphatic carbocycles. The second kappa shape index (κ2) is 5.90. The first-order valence-electron chi connectivity index (χ1n) is 4.40. The third-order valence-corrected chi connectivity index (χ3v) is 2.41. The van der Waals surface area contributed by atoms with E-state index < -0.39 is 0 Å². The third kappa shape index (κ3) is 4.21. The second-order valence-electron chi connectivity index (χ2n) is 2.85. The summed E-state index contributed by atoms with van der Waals surface area (Å²) >= 11 is 1.20. The molecule has 0 aromatic carbocycles. The summed E-state index contributed by atoms with van der Waals surface area (Å²) in [5, 5.41) is 5.08. The Bertz CT molecular complexity index is 281. The Morgan fingerprint density at radius 1 is 1.54 bits per heavy atom. The van der Waals surface area contributed by atoms with Gasteiger partial charge in [0.05, 0.1) is 0 Å². The maximum atomic E-state index is 10.7. The van der Waals surface area contributed by atoms with Crippen molar-refractivity contribution in [3.05, 3.63) is 20.7 Å². The molecule has 0 saturated carbocycles. The Balaban J connectivity index is 2.09. The summed E-state index contributed by atoms with van der Waals surface area (Å²) in [5.74, 6) is 0. The fraction of sp³-hybridized carbons (Fsp3) is 0.625. The highest BCUT2D eigenvalue weighted by Gasteiger charge is 1.94. The van der Waals surface area contributed by atoms with Gasteiger partial charge in [0, 0.05) is 17.6 Å². The number of aromatic amines is 1. The Hall–Kier alpha value is -0.650. The minimum atomic E-state index is 0.0127. The van der Waals surface area contributed by atoms with Crippen LogP contribution in [0.3, 0.4) is 0 Å². The van der Waals surface area contributed by atoms with Gasteiger partial charge in [0.1, 0.15) is 0 Å². The van der Waals surface area contributed by atoms with Crippen molar-refractivity contribution in [2.24, 2.45) is 5.73 Å². The smallest absolute Gasteiger partial charge is 0.304 e. The number of aromatic nitrogens is 1. The highest BCUT2D eigenvalue weighted by Crippen LogP contribution is 1.94. The largest absolute Gasteiger partial charge is 0.330 e. The first-order valence-corrected chi connectivity index (χ1v) is 5.28. The van der Waals surface area contributed by atoms with Crippen LogP contribution in [0, 0.1) is 0 Å². The minimum absolute atomic E-state index is 0.0127. The van der Waals surface area contributed by atoms with E-state index in [4.69, 9.17) is 5.73 Å². The van der Waals surface area contributed by atoms with E-state index in [1.807, 2.05) is 5.38 Å². The van der Waals surface area contributed by atoms with E-state index in [9.17, 15) is 4.79 Å². The van der Waals surface area contributed by atoms with E-state index in [2.05, 4.69) is 10.3 Å². The minimum Gasteiger partial charge on any atom is -0.330 e. The van der Waals surface area contributed by atoms with Gasteiger partial charge in [-0.1, -0.05) is 11.3 Å². The van der Waals surface area contributed by atoms with Crippen molar-refractivity contribution >= 4 is 11.3 Å². The SMILES string of the molecule is NCCCCNCc1csc(=O)[nH]1. The van der Waals surface area contributed by atoms with E-state index in [0.29, 0.717) is 0 Å². The maximum Gasteiger partial charge on any atom is 0.304 e. The van der Waals surface area contributed by atoms with Crippen molar-refractivity contribution in [1.82, 2.24) is 10.3 Å². The lowest BCUT2D eigenvalue weighted by Crippen LogP contribution is -2.16. The molecule has 0 atom stereocenters. The zero-order valence-corrected chi connectivity index (χ0v) is 8.32. The van der Waals surface area contributed by atoms with Crippen molar-refractivity contribution in [3.63, 3.8) is 0 Å². The molecule has 1 aromatic heterocycles. The molecule has 0 unspecified atom stereocenters. The summed E-state index contributed by atoms with van der Waals surface area (Å²) in [6.07, 6.45) is 2.14. The van der Waals surface area contributed by atoms with E-state index >= 15 is 0 Å². The quantitative estimate of drug-likeness (QED) is 0.578. The molecule has 1 rings (SSSR count). The number of hydrogen-bond acceptors (Lipinski definition) is 4. The maximum absolute atomic E-state index is 10.7. The molecule has 1 heterocycles. The van der Waals surface area contributed by atoms with Crippen LogP contribution in [0.4, 0.5) is 0 Å². The van der Waals surface area contributed by atoms with Gasteiger partial charge < -0.3 is 16.0 Å². The van der Waals surface area contributed by atoms with Crippen molar-refractivity contribution in [3.8, 4) is 0 Å². The molecule has 0 amide bonds. The van der Waals surface area contributed by atoms with E-state index in [0.717, 1.165) is 38.2 Å². The van der Waals surface area contributed by atoms with E-state index in [1.165, 1.54) is 11.3 Å². The Morgan fingerprint density at radius 2 is 2.38 bits per heavy atom. The highest BCUT2D eigenvalue weighted by atomic mass is 32.1. The van der Waals surface area contributed by atoms with Crippen LogP contribution < -0.4 is 15.9 Å². The zero-order valence-electron chi connectivity index (χ0n) is 7.51. The third-order valence-electron chi connectivity index (χ3n) is 1.69. The van der Waals surface area contributed by atoms with Crippen molar-refractivity contribution in [2.45, 2.75) is 19.4 Å². The van der Waals surface area contributed by atoms with Crippen LogP contribution in [-0.4, -0.2) is 18.1 Å². The van der Waals surface area contributed by atoms with Crippen LogP contribution >= 0.6 is 11.3 Å². The van der Waals surface area contributed by atoms with Gasteiger partial charge in [0.2, 0.25) is 0 Å². The van der Waals surface area contributed by atoms with Gasteiger partial charge in [0.15, 0.2) is 0 Å². The molecule has 0 saturated heterocycles. The Labute approximate surface area is 81.2 Å². The van der Waals surface area contributed by atoms with Gasteiger partial charge in [-0.25, -0.2) is 0 Å². The molecule has 4 N–H and O–H groups in total. The molecule has 0 radical (unpaired) electrons. The molecule has 0 aliphatic heterocycles. The Morgan fingerprint density at radius 3 is 3.00 bits per heavy atom. The normalized spacial score (nSPS) is 10.5. The molecule has 74 valence electrons. The summed E-state index contributed by atoms with van der Waals surface area (Å²) in [4.78, 5) is 13.5. The first kappa shape index (κ1) is 10.4. The average molecular weight is 201 g/mol. The fourth-order valence-corrected chi connectivity index (χ4v) is 1.60. The molecule has 4 nitrogen and oxygen atoms in total. The van der Waals surface area contributed by atoms with Gasteiger partial charge in [-0.15, -0.1) is 0 Å². The van der Waals surface area contributed by atoms with Gasteiger partial charge in [-0.3, -0.25) is 4.79 Å². The van der Waals surface area contributed by atoms with Crippen molar-refractivity contribution in [1.29, 1.82) is 0 Å². The lowest BCUT2D eigenvalue weighted by molar-refractivity contribution is 0.621. The molecular formula is C8H15N3OS. The summed E-state index contributed by atoms with van der Waals surface area (Å²) < 4.78 is 0. The average Bonchev–Trinajstić information content (AvgIpc) is 2.51. The van der Waals surface area contributed by atoms with Gasteiger partial charge in [-0.2, -0.15) is 0 Å². The molecule has 1 aromatic rings. The number of unbranched alkanes of at least 4 members (excludes halogenated alkanes) is 1. The molecular weight excluding hydrogens is 186 g/mol. The Kier molecular flexibility index (Phi) is 4.74. The molecule has 0 bridgehead atoms. The second-order valence-corrected chi connectivity index (χ2v) is 3.69. The molecule has 0 fully saturated rings. The standard InChI is InChI=1S/C8H15N3OS/c9-3-1-2-4-10-5-7-6-13-8(12)11-7/h6,10H,1-5,9H2,(H,11,12). The summed E-state index contributed by atoms with van der Waals surface area (Å²) in [6.45, 7) is 2.44. The number of hydrogen-bond donors (Lipinski definition) is 3. The first-order chi connectivity index (χ1) is 6.33. The van der Waals surface area contributed by atoms with E-state index in [1.54, 1.807) is 0 Å². The lowest BCUT2D eigenvalue weighted by atomic mass is 10.3. The molecule has 13 heavy (non-hydrogen) atoms. The summed E-state index contributed by atoms with van der Waals surface area (Å²) in [6, 6.07) is 0. The fourth-order valence-electron chi connectivity index (χ4n) is 1.02. The predicted octanol–water partition coefficient (Wildman–Crippen LogP) is 0.265. The molecule has 0 spiro atoms. The highest BCUT2D eigenvalue weighted by molar-refractivity contribution is 7.07. The monoisotopic (exact) mass is 201 g/mol. The molecule has 0 aliphatic rings. The zero-order chi connectivity index (χ0) is 9.52. The predicted molar refractivity (Wildman–Crippen MR) is 54.9 cm³/mol. The number of nitrogens with one attached hydrogen (secondary N) is 2. The summed E-state index contributed by atoms with van der Waals surface area (Å²) in [5.41, 5.74) is 6.31. The number of nitrogens with two attached hydrogens (primary N) is 1. The van der Waals surface area contributed by atoms with Crippen LogP contribution in [0.1, 0.15) is 18.5 Å². The van der Waals surface area contributed by atoms with Gasteiger partial charge in [0.25, 0.3) is 0 Å². The van der Waals surface area contributed by atoms with E-state index in [-0.39, 0.29) is 4.87 Å². The number of thiazole rings is 1. The number of rotatable bonds is 6. The van der Waals surface area contributed by atoms with Gasteiger partial charge >= 0.3 is 4.87 Å². The van der Waals surface area contributed by atoms with Crippen LogP contribution in [0.5, 0.6) is 0 Å². The molecule has 5 heteroatoms.